The SMILES string of the molecule is N#CC(C#N)=C(C[C@H](C/C=C/C1=CC(=O)CCC1)c1ccccc1)c1ccco1. The number of nitriles is 2. The van der Waals surface area contributed by atoms with Crippen molar-refractivity contribution in [2.45, 2.75) is 38.0 Å². The summed E-state index contributed by atoms with van der Waals surface area (Å²) in [6, 6.07) is 17.6. The molecule has 1 aromatic heterocycles. The maximum atomic E-state index is 11.6. The van der Waals surface area contributed by atoms with Crippen molar-refractivity contribution in [3.63, 3.8) is 0 Å². The van der Waals surface area contributed by atoms with Crippen LogP contribution in [-0.2, 0) is 4.79 Å². The molecule has 1 atom stereocenters. The Hall–Kier alpha value is -3.63. The lowest BCUT2D eigenvalue weighted by Gasteiger charge is -2.17. The van der Waals surface area contributed by atoms with E-state index in [1.165, 1.54) is 0 Å². The van der Waals surface area contributed by atoms with Crippen LogP contribution in [0.25, 0.3) is 5.57 Å². The van der Waals surface area contributed by atoms with Crippen molar-refractivity contribution in [3.05, 3.63) is 89.4 Å². The summed E-state index contributed by atoms with van der Waals surface area (Å²) in [7, 11) is 0. The number of hydrogen-bond acceptors (Lipinski definition) is 4. The van der Waals surface area contributed by atoms with Gasteiger partial charge in [0.1, 0.15) is 23.5 Å². The molecule has 4 nitrogen and oxygen atoms in total. The number of hydrogen-bond donors (Lipinski definition) is 0. The quantitative estimate of drug-likeness (QED) is 0.560. The summed E-state index contributed by atoms with van der Waals surface area (Å²) in [5.74, 6) is 0.809. The molecule has 0 unspecified atom stereocenters. The van der Waals surface area contributed by atoms with Gasteiger partial charge in [0.2, 0.25) is 0 Å². The molecule has 0 amide bonds. The van der Waals surface area contributed by atoms with Crippen molar-refractivity contribution in [1.82, 2.24) is 0 Å². The van der Waals surface area contributed by atoms with Crippen LogP contribution in [0.3, 0.4) is 0 Å². The maximum Gasteiger partial charge on any atom is 0.155 e. The summed E-state index contributed by atoms with van der Waals surface area (Å²) in [6.45, 7) is 0. The van der Waals surface area contributed by atoms with Crippen molar-refractivity contribution in [1.29, 1.82) is 10.5 Å². The van der Waals surface area contributed by atoms with Gasteiger partial charge in [0.25, 0.3) is 0 Å². The highest BCUT2D eigenvalue weighted by molar-refractivity contribution is 5.91. The monoisotopic (exact) mass is 382 g/mol. The second-order valence-electron chi connectivity index (χ2n) is 7.04. The van der Waals surface area contributed by atoms with Crippen LogP contribution in [0, 0.1) is 22.7 Å². The third-order valence-corrected chi connectivity index (χ3v) is 5.05. The van der Waals surface area contributed by atoms with E-state index < -0.39 is 0 Å². The second-order valence-corrected chi connectivity index (χ2v) is 7.04. The minimum absolute atomic E-state index is 0.0733. The summed E-state index contributed by atoms with van der Waals surface area (Å²) < 4.78 is 5.50. The van der Waals surface area contributed by atoms with E-state index in [0.717, 1.165) is 30.4 Å². The molecule has 29 heavy (non-hydrogen) atoms. The smallest absolute Gasteiger partial charge is 0.155 e. The largest absolute Gasteiger partial charge is 0.465 e. The number of furan rings is 1. The van der Waals surface area contributed by atoms with Crippen molar-refractivity contribution >= 4 is 11.4 Å². The van der Waals surface area contributed by atoms with Crippen LogP contribution in [0.4, 0.5) is 0 Å². The lowest BCUT2D eigenvalue weighted by molar-refractivity contribution is -0.115. The lowest BCUT2D eigenvalue weighted by atomic mass is 9.86. The molecule has 0 saturated carbocycles. The number of carbonyl (C=O) groups is 1. The van der Waals surface area contributed by atoms with E-state index in [4.69, 9.17) is 4.42 Å². The molecular weight excluding hydrogens is 360 g/mol. The number of carbonyl (C=O) groups excluding carboxylic acids is 1. The highest BCUT2D eigenvalue weighted by Gasteiger charge is 2.19. The molecule has 1 aliphatic carbocycles. The summed E-state index contributed by atoms with van der Waals surface area (Å²) in [4.78, 5) is 11.6. The molecule has 1 heterocycles. The van der Waals surface area contributed by atoms with Crippen molar-refractivity contribution in [3.8, 4) is 12.1 Å². The molecule has 0 spiro atoms. The highest BCUT2D eigenvalue weighted by atomic mass is 16.3. The van der Waals surface area contributed by atoms with Gasteiger partial charge in [0.15, 0.2) is 5.78 Å². The molecule has 1 aromatic carbocycles. The van der Waals surface area contributed by atoms with Crippen molar-refractivity contribution < 1.29 is 9.21 Å². The van der Waals surface area contributed by atoms with Crippen LogP contribution in [-0.4, -0.2) is 5.78 Å². The minimum Gasteiger partial charge on any atom is -0.465 e. The van der Waals surface area contributed by atoms with E-state index in [2.05, 4.69) is 18.2 Å². The van der Waals surface area contributed by atoms with Gasteiger partial charge in [0, 0.05) is 12.0 Å². The number of nitrogens with zero attached hydrogens (tertiary/aromatic N) is 2. The molecule has 1 aliphatic rings. The number of rotatable bonds is 7. The highest BCUT2D eigenvalue weighted by Crippen LogP contribution is 2.34. The molecule has 0 aliphatic heterocycles. The molecule has 0 N–H and O–H groups in total. The Kier molecular flexibility index (Phi) is 6.98. The van der Waals surface area contributed by atoms with E-state index in [1.807, 2.05) is 36.4 Å². The Morgan fingerprint density at radius 3 is 2.55 bits per heavy atom. The van der Waals surface area contributed by atoms with Crippen molar-refractivity contribution in [2.75, 3.05) is 0 Å². The zero-order valence-corrected chi connectivity index (χ0v) is 16.2. The van der Waals surface area contributed by atoms with Gasteiger partial charge in [-0.25, -0.2) is 0 Å². The first-order chi connectivity index (χ1) is 14.2. The van der Waals surface area contributed by atoms with Crippen LogP contribution in [0.2, 0.25) is 0 Å². The van der Waals surface area contributed by atoms with Gasteiger partial charge in [-0.15, -0.1) is 0 Å². The number of allylic oxidation sites excluding steroid dienone is 6. The predicted octanol–water partition coefficient (Wildman–Crippen LogP) is 5.88. The maximum absolute atomic E-state index is 11.6. The third kappa shape index (κ3) is 5.43. The summed E-state index contributed by atoms with van der Waals surface area (Å²) in [5.41, 5.74) is 2.88. The lowest BCUT2D eigenvalue weighted by Crippen LogP contribution is -2.02. The number of benzene rings is 1. The average molecular weight is 382 g/mol. The normalized spacial score (nSPS) is 14.7. The topological polar surface area (TPSA) is 77.8 Å². The molecule has 0 saturated heterocycles. The van der Waals surface area contributed by atoms with Crippen LogP contribution in [0.5, 0.6) is 0 Å². The zero-order valence-electron chi connectivity index (χ0n) is 16.2. The van der Waals surface area contributed by atoms with Gasteiger partial charge in [0.05, 0.1) is 6.26 Å². The van der Waals surface area contributed by atoms with Gasteiger partial charge < -0.3 is 4.42 Å². The van der Waals surface area contributed by atoms with Gasteiger partial charge in [-0.1, -0.05) is 42.5 Å². The second kappa shape index (κ2) is 10.1. The Morgan fingerprint density at radius 2 is 1.90 bits per heavy atom. The molecule has 2 aromatic rings. The Labute approximate surface area is 171 Å². The third-order valence-electron chi connectivity index (χ3n) is 5.05. The fraction of sp³-hybridized carbons (Fsp3) is 0.240. The Balaban J connectivity index is 1.88. The average Bonchev–Trinajstić information content (AvgIpc) is 3.28. The molecule has 0 bridgehead atoms. The molecule has 3 rings (SSSR count). The minimum atomic E-state index is 0.0733. The summed E-state index contributed by atoms with van der Waals surface area (Å²) in [5, 5.41) is 18.8. The molecule has 144 valence electrons. The Morgan fingerprint density at radius 1 is 1.10 bits per heavy atom. The standard InChI is InChI=1S/C25H22N2O2/c26-17-22(18-27)24(25-13-6-14-29-25)16-21(20-9-2-1-3-10-20)11-4-7-19-8-5-12-23(28)15-19/h1-4,6-7,9-10,13-15,21H,5,8,11-12,16H2/b7-4+/t21-/m0/s1. The van der Waals surface area contributed by atoms with Crippen molar-refractivity contribution in [2.24, 2.45) is 0 Å². The zero-order chi connectivity index (χ0) is 20.5. The van der Waals surface area contributed by atoms with Gasteiger partial charge in [-0.2, -0.15) is 10.5 Å². The van der Waals surface area contributed by atoms with Crippen LogP contribution >= 0.6 is 0 Å². The van der Waals surface area contributed by atoms with Crippen LogP contribution in [0.15, 0.2) is 82.5 Å². The van der Waals surface area contributed by atoms with Crippen LogP contribution < -0.4 is 0 Å². The van der Waals surface area contributed by atoms with E-state index in [9.17, 15) is 15.3 Å². The molecule has 0 fully saturated rings. The van der Waals surface area contributed by atoms with Gasteiger partial charge in [-0.3, -0.25) is 4.79 Å². The molecular formula is C25H22N2O2. The molecule has 4 heteroatoms. The fourth-order valence-corrected chi connectivity index (χ4v) is 3.58. The van der Waals surface area contributed by atoms with Crippen LogP contribution in [0.1, 0.15) is 49.3 Å². The van der Waals surface area contributed by atoms with Gasteiger partial charge in [-0.05, 0) is 60.9 Å². The predicted molar refractivity (Wildman–Crippen MR) is 111 cm³/mol. The number of ketones is 1. The molecule has 0 radical (unpaired) electrons. The van der Waals surface area contributed by atoms with E-state index in [0.29, 0.717) is 24.2 Å². The van der Waals surface area contributed by atoms with E-state index in [-0.39, 0.29) is 17.3 Å². The van der Waals surface area contributed by atoms with E-state index in [1.54, 1.807) is 24.5 Å². The Bertz CT molecular complexity index is 997. The fourth-order valence-electron chi connectivity index (χ4n) is 3.58. The first-order valence-corrected chi connectivity index (χ1v) is 9.73. The summed E-state index contributed by atoms with van der Waals surface area (Å²) >= 11 is 0. The van der Waals surface area contributed by atoms with E-state index >= 15 is 0 Å². The first-order valence-electron chi connectivity index (χ1n) is 9.73. The van der Waals surface area contributed by atoms with Gasteiger partial charge >= 0.3 is 0 Å². The summed E-state index contributed by atoms with van der Waals surface area (Å²) in [6.07, 6.45) is 11.1. The first kappa shape index (κ1) is 20.1.